The van der Waals surface area contributed by atoms with Crippen molar-refractivity contribution in [2.45, 2.75) is 242 Å². The predicted molar refractivity (Wildman–Crippen MR) is 366 cm³/mol. The normalized spacial score (nSPS) is 22.5. The Morgan fingerprint density at radius 2 is 0.747 bits per heavy atom. The minimum absolute atomic E-state index is 0.0324. The first-order valence-corrected chi connectivity index (χ1v) is 34.8. The second kappa shape index (κ2) is 44.9. The minimum Gasteiger partial charge on any atom is -0.393 e. The molecule has 8 saturated heterocycles. The van der Waals surface area contributed by atoms with Gasteiger partial charge in [-0.15, -0.1) is 0 Å². The summed E-state index contributed by atoms with van der Waals surface area (Å²) >= 11 is 0. The smallest absolute Gasteiger partial charge is 0.237 e. The van der Waals surface area contributed by atoms with Gasteiger partial charge < -0.3 is 61.1 Å². The fourth-order valence-corrected chi connectivity index (χ4v) is 11.9. The van der Waals surface area contributed by atoms with E-state index in [-0.39, 0.29) is 41.6 Å². The molecule has 0 aromatic heterocycles. The number of piperidine rings is 5. The molecular formula is C68H142N14O5. The maximum Gasteiger partial charge on any atom is 0.237 e. The summed E-state index contributed by atoms with van der Waals surface area (Å²) < 4.78 is 0. The minimum atomic E-state index is -0.126. The van der Waals surface area contributed by atoms with Crippen molar-refractivity contribution in [3.8, 4) is 0 Å². The van der Waals surface area contributed by atoms with Gasteiger partial charge in [0.1, 0.15) is 0 Å². The standard InChI is InChI=1S/C10H20N2O.C9H18N2O.C9H19N.2C8H16N2O.2C8H18N2.C8H17NO/c1-8(2)12-6-4-9(5-7-12)10(13)11-3;1-7(2)11-5-3-8(4-6-11)9(10)12;1-8(2)10-6-4-9(3)5-7-10;1-7(2)10-5-4-9(3)8(11)6-10;1-7(2)10-5-4-9(3)6-8(10)11;1-8(2)10-6-4-9(3)5-7-10;1-7(2)10-5-3-8(9)4-6-10;1-7(2)9-5-3-8(10)4-6-9/h8-9H,4-7H2,1-3H3,(H,11,13);7-8H,3-6H2,1-2H3,(H2,10,12);8-9H,4-7H2,1-3H3;2*7H,4-6H2,1-3H3;8H,4-7H2,1-3H3;7-8H,3-6,9H2,1-2H3;7-8,10H,3-6H2,1-2H3. The SMILES string of the molecule is CC(C)N1CCC(C(N)=O)CC1.CC(C)N1CCC(N)CC1.CC(C)N1CCC(O)CC1.CC(C)N1CCN(C)C(=O)C1.CC(C)N1CCN(C)CC1.CC(C)N1CCN(C)CC1=O.CC1CCN(C(C)C)CC1.CNC(=O)C1CCN(C(C)C)CC1. The lowest BCUT2D eigenvalue weighted by Gasteiger charge is -2.34. The van der Waals surface area contributed by atoms with Crippen LogP contribution in [0, 0.1) is 17.8 Å². The maximum absolute atomic E-state index is 11.3. The van der Waals surface area contributed by atoms with Crippen molar-refractivity contribution in [1.82, 2.24) is 59.2 Å². The maximum atomic E-state index is 11.3. The van der Waals surface area contributed by atoms with E-state index in [4.69, 9.17) is 11.5 Å². The molecule has 0 bridgehead atoms. The molecule has 0 unspecified atom stereocenters. The van der Waals surface area contributed by atoms with E-state index in [1.807, 2.05) is 19.0 Å². The summed E-state index contributed by atoms with van der Waals surface area (Å²) in [6.07, 6.45) is 10.9. The molecule has 8 aliphatic rings. The van der Waals surface area contributed by atoms with Gasteiger partial charge in [0.05, 0.1) is 19.2 Å². The number of carbonyl (C=O) groups excluding carboxylic acids is 4. The van der Waals surface area contributed by atoms with Gasteiger partial charge >= 0.3 is 0 Å². The highest BCUT2D eigenvalue weighted by atomic mass is 16.3. The summed E-state index contributed by atoms with van der Waals surface area (Å²) in [5.74, 6) is 1.93. The molecule has 0 saturated carbocycles. The fourth-order valence-electron chi connectivity index (χ4n) is 11.9. The summed E-state index contributed by atoms with van der Waals surface area (Å²) in [4.78, 5) is 69.8. The molecule has 19 nitrogen and oxygen atoms in total. The number of primary amides is 1. The number of aliphatic hydroxyl groups is 1. The number of aliphatic hydroxyl groups excluding tert-OH is 1. The lowest BCUT2D eigenvalue weighted by atomic mass is 9.95. The number of carbonyl (C=O) groups is 4. The van der Waals surface area contributed by atoms with Crippen LogP contribution in [0.25, 0.3) is 0 Å². The highest BCUT2D eigenvalue weighted by molar-refractivity contribution is 5.79. The second-order valence-electron chi connectivity index (χ2n) is 28.7. The Hall–Kier alpha value is -2.56. The van der Waals surface area contributed by atoms with Crippen LogP contribution in [-0.4, -0.2) is 302 Å². The molecular weight excluding hydrogens is 1090 g/mol. The van der Waals surface area contributed by atoms with Crippen molar-refractivity contribution in [2.24, 2.45) is 29.2 Å². The van der Waals surface area contributed by atoms with Gasteiger partial charge in [0.2, 0.25) is 23.6 Å². The highest BCUT2D eigenvalue weighted by Gasteiger charge is 2.28. The molecule has 0 aromatic rings. The van der Waals surface area contributed by atoms with E-state index in [1.165, 1.54) is 78.0 Å². The van der Waals surface area contributed by atoms with Gasteiger partial charge in [-0.2, -0.15) is 0 Å². The van der Waals surface area contributed by atoms with E-state index in [0.717, 1.165) is 122 Å². The van der Waals surface area contributed by atoms with Gasteiger partial charge in [0.25, 0.3) is 0 Å². The molecule has 0 radical (unpaired) electrons. The Kier molecular flexibility index (Phi) is 42.5. The Morgan fingerprint density at radius 3 is 1.09 bits per heavy atom. The van der Waals surface area contributed by atoms with Gasteiger partial charge in [-0.25, -0.2) is 0 Å². The molecule has 514 valence electrons. The van der Waals surface area contributed by atoms with Crippen LogP contribution < -0.4 is 16.8 Å². The van der Waals surface area contributed by atoms with Crippen LogP contribution in [0.3, 0.4) is 0 Å². The first kappa shape index (κ1) is 82.5. The van der Waals surface area contributed by atoms with Gasteiger partial charge in [-0.05, 0) is 247 Å². The van der Waals surface area contributed by atoms with Crippen molar-refractivity contribution in [1.29, 1.82) is 0 Å². The Labute approximate surface area is 535 Å². The van der Waals surface area contributed by atoms with Crippen LogP contribution in [0.5, 0.6) is 0 Å². The van der Waals surface area contributed by atoms with E-state index in [2.05, 4.69) is 174 Å². The van der Waals surface area contributed by atoms with E-state index in [9.17, 15) is 24.3 Å². The molecule has 8 fully saturated rings. The van der Waals surface area contributed by atoms with Gasteiger partial charge in [-0.3, -0.25) is 33.9 Å². The van der Waals surface area contributed by atoms with Gasteiger partial charge in [-0.1, -0.05) is 6.92 Å². The lowest BCUT2D eigenvalue weighted by Crippen LogP contribution is -2.51. The molecule has 0 atom stereocenters. The Balaban J connectivity index is 0.000000498. The molecule has 8 aliphatic heterocycles. The van der Waals surface area contributed by atoms with E-state index in [1.54, 1.807) is 11.9 Å². The number of likely N-dealkylation sites (tertiary alicyclic amines) is 5. The number of nitrogens with two attached hydrogens (primary N) is 2. The van der Waals surface area contributed by atoms with Crippen LogP contribution in [-0.2, 0) is 19.2 Å². The first-order valence-electron chi connectivity index (χ1n) is 34.8. The zero-order valence-corrected chi connectivity index (χ0v) is 60.4. The van der Waals surface area contributed by atoms with Crippen molar-refractivity contribution < 1.29 is 24.3 Å². The number of hydrogen-bond acceptors (Lipinski definition) is 15. The number of nitrogens with zero attached hydrogens (tertiary/aromatic N) is 11. The fraction of sp³-hybridized carbons (Fsp3) is 0.941. The number of likely N-dealkylation sites (N-methyl/N-ethyl adjacent to an activating group) is 3. The van der Waals surface area contributed by atoms with Gasteiger partial charge in [0.15, 0.2) is 0 Å². The van der Waals surface area contributed by atoms with Crippen molar-refractivity contribution in [2.75, 3.05) is 159 Å². The number of piperazine rings is 3. The number of nitrogens with one attached hydrogen (secondary N) is 1. The molecule has 87 heavy (non-hydrogen) atoms. The van der Waals surface area contributed by atoms with E-state index >= 15 is 0 Å². The summed E-state index contributed by atoms with van der Waals surface area (Å²) in [6.45, 7) is 58.8. The second-order valence-corrected chi connectivity index (χ2v) is 28.7. The zero-order valence-electron chi connectivity index (χ0n) is 60.4. The third-order valence-electron chi connectivity index (χ3n) is 19.2. The molecule has 0 spiro atoms. The predicted octanol–water partition coefficient (Wildman–Crippen LogP) is 6.22. The average Bonchev–Trinajstić information content (AvgIpc) is 3.67. The molecule has 8 rings (SSSR count). The molecule has 0 aromatic carbocycles. The van der Waals surface area contributed by atoms with E-state index in [0.29, 0.717) is 55.4 Å². The molecule has 8 heterocycles. The van der Waals surface area contributed by atoms with Crippen LogP contribution in [0.2, 0.25) is 0 Å². The third-order valence-corrected chi connectivity index (χ3v) is 19.2. The Morgan fingerprint density at radius 1 is 0.414 bits per heavy atom. The largest absolute Gasteiger partial charge is 0.393 e. The van der Waals surface area contributed by atoms with E-state index < -0.39 is 0 Å². The van der Waals surface area contributed by atoms with Crippen LogP contribution in [0.4, 0.5) is 0 Å². The summed E-state index contributed by atoms with van der Waals surface area (Å²) in [5, 5.41) is 11.9. The third kappa shape index (κ3) is 35.2. The zero-order chi connectivity index (χ0) is 66.1. The summed E-state index contributed by atoms with van der Waals surface area (Å²) in [7, 11) is 7.75. The summed E-state index contributed by atoms with van der Waals surface area (Å²) in [6, 6.07) is 5.37. The van der Waals surface area contributed by atoms with Crippen LogP contribution in [0.1, 0.15) is 182 Å². The van der Waals surface area contributed by atoms with Crippen LogP contribution in [0.15, 0.2) is 0 Å². The van der Waals surface area contributed by atoms with Gasteiger partial charge in [0, 0.05) is 146 Å². The molecule has 0 aliphatic carbocycles. The lowest BCUT2D eigenvalue weighted by molar-refractivity contribution is -0.137. The number of amides is 4. The highest BCUT2D eigenvalue weighted by Crippen LogP contribution is 2.21. The van der Waals surface area contributed by atoms with Crippen molar-refractivity contribution in [3.05, 3.63) is 0 Å². The molecule has 19 heteroatoms. The van der Waals surface area contributed by atoms with Crippen molar-refractivity contribution >= 4 is 23.6 Å². The average molecular weight is 1240 g/mol. The number of rotatable bonds is 10. The first-order chi connectivity index (χ1) is 40.8. The summed E-state index contributed by atoms with van der Waals surface area (Å²) in [5.41, 5.74) is 11.0. The molecule has 4 amide bonds. The quantitative estimate of drug-likeness (QED) is 0.193. The topological polar surface area (TPSA) is 188 Å². The van der Waals surface area contributed by atoms with Crippen LogP contribution >= 0.6 is 0 Å². The molecule has 6 N–H and O–H groups in total. The number of hydrogen-bond donors (Lipinski definition) is 4. The monoisotopic (exact) mass is 1240 g/mol. The Bertz CT molecular complexity index is 1670. The van der Waals surface area contributed by atoms with Crippen molar-refractivity contribution in [3.63, 3.8) is 0 Å².